The van der Waals surface area contributed by atoms with Crippen LogP contribution in [0.1, 0.15) is 37.5 Å². The molecule has 2 unspecified atom stereocenters. The van der Waals surface area contributed by atoms with Gasteiger partial charge in [0.05, 0.1) is 11.8 Å². The third kappa shape index (κ3) is 3.77. The molecule has 1 amide bonds. The molecule has 1 N–H and O–H groups in total. The zero-order valence-corrected chi connectivity index (χ0v) is 13.3. The average Bonchev–Trinajstić information content (AvgIpc) is 3.30. The summed E-state index contributed by atoms with van der Waals surface area (Å²) in [5, 5.41) is 11.4. The van der Waals surface area contributed by atoms with Gasteiger partial charge in [0.1, 0.15) is 17.2 Å². The van der Waals surface area contributed by atoms with Crippen LogP contribution in [0.3, 0.4) is 0 Å². The molecule has 0 aliphatic heterocycles. The van der Waals surface area contributed by atoms with Crippen molar-refractivity contribution in [1.29, 1.82) is 5.26 Å². The Bertz CT molecular complexity index is 592. The lowest BCUT2D eigenvalue weighted by Crippen LogP contribution is -2.47. The summed E-state index contributed by atoms with van der Waals surface area (Å²) in [4.78, 5) is 12.0. The second-order valence-corrected chi connectivity index (χ2v) is 7.05. The second kappa shape index (κ2) is 6.66. The largest absolute Gasteiger partial charge is 0.337 e. The number of hydrogen-bond acceptors (Lipinski definition) is 3. The molecule has 118 valence electrons. The van der Waals surface area contributed by atoms with E-state index in [2.05, 4.69) is 11.4 Å². The molecule has 0 heterocycles. The van der Waals surface area contributed by atoms with E-state index in [-0.39, 0.29) is 23.1 Å². The van der Waals surface area contributed by atoms with Gasteiger partial charge in [0.25, 0.3) is 0 Å². The number of rotatable bonds is 6. The van der Waals surface area contributed by atoms with Gasteiger partial charge >= 0.3 is 0 Å². The van der Waals surface area contributed by atoms with Crippen LogP contribution in [0.4, 0.5) is 8.78 Å². The van der Waals surface area contributed by atoms with Crippen molar-refractivity contribution < 1.29 is 13.6 Å². The number of thioether (sulfide) groups is 1. The highest BCUT2D eigenvalue weighted by Crippen LogP contribution is 2.39. The van der Waals surface area contributed by atoms with Gasteiger partial charge in [-0.3, -0.25) is 4.79 Å². The van der Waals surface area contributed by atoms with E-state index < -0.39 is 22.4 Å². The van der Waals surface area contributed by atoms with Gasteiger partial charge in [-0.25, -0.2) is 8.78 Å². The Balaban J connectivity index is 1.92. The minimum absolute atomic E-state index is 0.0227. The predicted molar refractivity (Wildman–Crippen MR) is 82.1 cm³/mol. The summed E-state index contributed by atoms with van der Waals surface area (Å²) in [6.45, 7) is 3.37. The molecule has 2 rings (SSSR count). The van der Waals surface area contributed by atoms with Crippen LogP contribution in [0.15, 0.2) is 18.2 Å². The highest BCUT2D eigenvalue weighted by atomic mass is 32.2. The number of amides is 1. The van der Waals surface area contributed by atoms with Crippen LogP contribution in [0, 0.1) is 28.9 Å². The summed E-state index contributed by atoms with van der Waals surface area (Å²) in [5.74, 6) is -1.25. The number of nitriles is 1. The fraction of sp³-hybridized carbons (Fsp3) is 0.500. The summed E-state index contributed by atoms with van der Waals surface area (Å²) >= 11 is 1.15. The highest BCUT2D eigenvalue weighted by molar-refractivity contribution is 8.00. The van der Waals surface area contributed by atoms with Crippen molar-refractivity contribution in [2.45, 2.75) is 37.5 Å². The number of carbonyl (C=O) groups is 1. The zero-order valence-electron chi connectivity index (χ0n) is 12.5. The molecule has 1 aromatic rings. The van der Waals surface area contributed by atoms with Gasteiger partial charge in [-0.15, -0.1) is 11.8 Å². The van der Waals surface area contributed by atoms with Crippen LogP contribution in [0.25, 0.3) is 0 Å². The van der Waals surface area contributed by atoms with Crippen LogP contribution < -0.4 is 5.32 Å². The predicted octanol–water partition coefficient (Wildman–Crippen LogP) is 3.57. The van der Waals surface area contributed by atoms with E-state index in [9.17, 15) is 18.8 Å². The quantitative estimate of drug-likeness (QED) is 0.870. The molecule has 2 atom stereocenters. The summed E-state index contributed by atoms with van der Waals surface area (Å²) in [6.07, 6.45) is 1.88. The second-order valence-electron chi connectivity index (χ2n) is 5.73. The number of hydrogen-bond donors (Lipinski definition) is 1. The standard InChI is InChI=1S/C16H18F2N2OS/c1-10(15-12(17)4-3-5-13(15)18)22-8-14(21)20-16(2,9-19)11-6-7-11/h3-5,10-11H,6-8H2,1-2H3,(H,20,21). The van der Waals surface area contributed by atoms with Gasteiger partial charge in [-0.1, -0.05) is 6.07 Å². The van der Waals surface area contributed by atoms with Crippen LogP contribution in [0.2, 0.25) is 0 Å². The van der Waals surface area contributed by atoms with Crippen LogP contribution >= 0.6 is 11.8 Å². The van der Waals surface area contributed by atoms with Crippen molar-refractivity contribution in [3.8, 4) is 6.07 Å². The summed E-state index contributed by atoms with van der Waals surface area (Å²) in [6, 6.07) is 5.87. The van der Waals surface area contributed by atoms with E-state index in [0.717, 1.165) is 24.6 Å². The van der Waals surface area contributed by atoms with Gasteiger partial charge in [-0.2, -0.15) is 5.26 Å². The molecule has 0 saturated heterocycles. The van der Waals surface area contributed by atoms with E-state index >= 15 is 0 Å². The Morgan fingerprint density at radius 3 is 2.59 bits per heavy atom. The molecule has 1 aliphatic carbocycles. The first-order chi connectivity index (χ1) is 10.4. The molecule has 6 heteroatoms. The van der Waals surface area contributed by atoms with Gasteiger partial charge in [0.15, 0.2) is 0 Å². The van der Waals surface area contributed by atoms with Gasteiger partial charge < -0.3 is 5.32 Å². The number of carbonyl (C=O) groups excluding carboxylic acids is 1. The lowest BCUT2D eigenvalue weighted by atomic mass is 9.98. The first-order valence-corrected chi connectivity index (χ1v) is 8.20. The number of benzene rings is 1. The first kappa shape index (κ1) is 16.8. The third-order valence-electron chi connectivity index (χ3n) is 3.90. The lowest BCUT2D eigenvalue weighted by molar-refractivity contribution is -0.119. The van der Waals surface area contributed by atoms with E-state index in [1.807, 2.05) is 0 Å². The number of nitrogens with zero attached hydrogens (tertiary/aromatic N) is 1. The van der Waals surface area contributed by atoms with E-state index in [0.29, 0.717) is 0 Å². The highest BCUT2D eigenvalue weighted by Gasteiger charge is 2.42. The van der Waals surface area contributed by atoms with Crippen molar-refractivity contribution in [3.05, 3.63) is 35.4 Å². The average molecular weight is 324 g/mol. The molecule has 0 bridgehead atoms. The lowest BCUT2D eigenvalue weighted by Gasteiger charge is -2.23. The molecule has 1 saturated carbocycles. The summed E-state index contributed by atoms with van der Waals surface area (Å²) in [5.41, 5.74) is -0.866. The minimum atomic E-state index is -0.843. The monoisotopic (exact) mass is 324 g/mol. The van der Waals surface area contributed by atoms with E-state index in [4.69, 9.17) is 0 Å². The first-order valence-electron chi connectivity index (χ1n) is 7.15. The summed E-state index contributed by atoms with van der Waals surface area (Å²) in [7, 11) is 0. The maximum absolute atomic E-state index is 13.7. The molecule has 1 fully saturated rings. The SMILES string of the molecule is CC(SCC(=O)NC(C)(C#N)C1CC1)c1c(F)cccc1F. The van der Waals surface area contributed by atoms with Crippen LogP contribution in [-0.4, -0.2) is 17.2 Å². The molecule has 0 spiro atoms. The van der Waals surface area contributed by atoms with Gasteiger partial charge in [-0.05, 0) is 44.7 Å². The molecule has 0 aromatic heterocycles. The minimum Gasteiger partial charge on any atom is -0.337 e. The number of nitrogens with one attached hydrogen (secondary N) is 1. The zero-order chi connectivity index (χ0) is 16.3. The topological polar surface area (TPSA) is 52.9 Å². The molecule has 0 radical (unpaired) electrons. The van der Waals surface area contributed by atoms with Gasteiger partial charge in [0.2, 0.25) is 5.91 Å². The van der Waals surface area contributed by atoms with Gasteiger partial charge in [0, 0.05) is 10.8 Å². The van der Waals surface area contributed by atoms with Crippen LogP contribution in [0.5, 0.6) is 0 Å². The Labute approximate surface area is 133 Å². The smallest absolute Gasteiger partial charge is 0.231 e. The molecule has 22 heavy (non-hydrogen) atoms. The normalized spacial score (nSPS) is 18.1. The Kier molecular flexibility index (Phi) is 5.07. The van der Waals surface area contributed by atoms with E-state index in [1.54, 1.807) is 13.8 Å². The molecule has 1 aliphatic rings. The Morgan fingerprint density at radius 1 is 1.50 bits per heavy atom. The maximum atomic E-state index is 13.7. The fourth-order valence-corrected chi connectivity index (χ4v) is 3.26. The fourth-order valence-electron chi connectivity index (χ4n) is 2.39. The van der Waals surface area contributed by atoms with Crippen molar-refractivity contribution in [1.82, 2.24) is 5.32 Å². The third-order valence-corrected chi connectivity index (χ3v) is 5.06. The van der Waals surface area contributed by atoms with Crippen molar-refractivity contribution in [2.24, 2.45) is 5.92 Å². The number of halogens is 2. The van der Waals surface area contributed by atoms with E-state index in [1.165, 1.54) is 18.2 Å². The molecular weight excluding hydrogens is 306 g/mol. The Morgan fingerprint density at radius 2 is 2.09 bits per heavy atom. The van der Waals surface area contributed by atoms with Crippen LogP contribution in [-0.2, 0) is 4.79 Å². The maximum Gasteiger partial charge on any atom is 0.231 e. The Hall–Kier alpha value is -1.61. The summed E-state index contributed by atoms with van der Waals surface area (Å²) < 4.78 is 27.3. The molecule has 3 nitrogen and oxygen atoms in total. The van der Waals surface area contributed by atoms with Crippen molar-refractivity contribution >= 4 is 17.7 Å². The van der Waals surface area contributed by atoms with Crippen molar-refractivity contribution in [3.63, 3.8) is 0 Å². The molecule has 1 aromatic carbocycles. The van der Waals surface area contributed by atoms with Crippen molar-refractivity contribution in [2.75, 3.05) is 5.75 Å². The molecular formula is C16H18F2N2OS.